The van der Waals surface area contributed by atoms with Crippen molar-refractivity contribution >= 4 is 0 Å². The van der Waals surface area contributed by atoms with Gasteiger partial charge >= 0.3 is 0 Å². The molecule has 1 heterocycles. The highest BCUT2D eigenvalue weighted by Crippen LogP contribution is 2.28. The lowest BCUT2D eigenvalue weighted by molar-refractivity contribution is 0.149. The van der Waals surface area contributed by atoms with Gasteiger partial charge in [-0.3, -0.25) is 0 Å². The number of likely N-dealkylation sites (tertiary alicyclic amines) is 1. The van der Waals surface area contributed by atoms with E-state index < -0.39 is 0 Å². The number of hydrogen-bond donors (Lipinski definition) is 1. The van der Waals surface area contributed by atoms with E-state index in [9.17, 15) is 0 Å². The van der Waals surface area contributed by atoms with Crippen molar-refractivity contribution in [2.45, 2.75) is 57.9 Å². The summed E-state index contributed by atoms with van der Waals surface area (Å²) in [6.07, 6.45) is 10.00. The molecule has 0 radical (unpaired) electrons. The molecule has 0 amide bonds. The lowest BCUT2D eigenvalue weighted by Crippen LogP contribution is -2.41. The zero-order valence-corrected chi connectivity index (χ0v) is 11.8. The minimum absolute atomic E-state index is 0.795. The van der Waals surface area contributed by atoms with Gasteiger partial charge in [-0.05, 0) is 57.7 Å². The van der Waals surface area contributed by atoms with Gasteiger partial charge < -0.3 is 10.2 Å². The van der Waals surface area contributed by atoms with Gasteiger partial charge in [0.15, 0.2) is 0 Å². The van der Waals surface area contributed by atoms with E-state index in [0.29, 0.717) is 0 Å². The Hall–Kier alpha value is -0.0800. The van der Waals surface area contributed by atoms with E-state index in [1.807, 2.05) is 0 Å². The summed E-state index contributed by atoms with van der Waals surface area (Å²) in [5.74, 6) is 1.95. The van der Waals surface area contributed by atoms with Crippen LogP contribution in [0.1, 0.15) is 51.9 Å². The van der Waals surface area contributed by atoms with Crippen LogP contribution in [0.3, 0.4) is 0 Å². The molecule has 2 nitrogen and oxygen atoms in total. The third kappa shape index (κ3) is 3.69. The van der Waals surface area contributed by atoms with Crippen LogP contribution in [-0.2, 0) is 0 Å². The van der Waals surface area contributed by atoms with E-state index in [-0.39, 0.29) is 0 Å². The predicted molar refractivity (Wildman–Crippen MR) is 74.3 cm³/mol. The third-order valence-electron chi connectivity index (χ3n) is 4.93. The van der Waals surface area contributed by atoms with Crippen molar-refractivity contribution in [2.24, 2.45) is 11.8 Å². The Bertz CT molecular complexity index is 209. The summed E-state index contributed by atoms with van der Waals surface area (Å²) in [5.41, 5.74) is 0. The summed E-state index contributed by atoms with van der Waals surface area (Å²) >= 11 is 0. The van der Waals surface area contributed by atoms with Crippen molar-refractivity contribution in [2.75, 3.05) is 26.7 Å². The van der Waals surface area contributed by atoms with Gasteiger partial charge in [0, 0.05) is 12.6 Å². The quantitative estimate of drug-likeness (QED) is 0.792. The van der Waals surface area contributed by atoms with E-state index in [1.54, 1.807) is 0 Å². The monoisotopic (exact) mass is 238 g/mol. The van der Waals surface area contributed by atoms with Crippen molar-refractivity contribution in [1.29, 1.82) is 0 Å². The first kappa shape index (κ1) is 13.4. The summed E-state index contributed by atoms with van der Waals surface area (Å²) in [4.78, 5) is 2.73. The average Bonchev–Trinajstić information content (AvgIpc) is 2.79. The molecule has 1 saturated carbocycles. The summed E-state index contributed by atoms with van der Waals surface area (Å²) in [5, 5.41) is 3.51. The SMILES string of the molecule is CCCC1CCN(CC2CCCC2NC)CC1. The van der Waals surface area contributed by atoms with E-state index in [2.05, 4.69) is 24.2 Å². The van der Waals surface area contributed by atoms with E-state index >= 15 is 0 Å². The molecular formula is C15H30N2. The number of piperidine rings is 1. The molecule has 2 fully saturated rings. The Labute approximate surface area is 107 Å². The lowest BCUT2D eigenvalue weighted by atomic mass is 9.91. The molecule has 1 saturated heterocycles. The maximum Gasteiger partial charge on any atom is 0.0104 e. The second-order valence-electron chi connectivity index (χ2n) is 6.12. The molecular weight excluding hydrogens is 208 g/mol. The van der Waals surface area contributed by atoms with Crippen molar-refractivity contribution in [3.63, 3.8) is 0 Å². The van der Waals surface area contributed by atoms with Gasteiger partial charge in [0.25, 0.3) is 0 Å². The molecule has 1 aliphatic heterocycles. The van der Waals surface area contributed by atoms with Crippen molar-refractivity contribution in [3.05, 3.63) is 0 Å². The summed E-state index contributed by atoms with van der Waals surface area (Å²) in [6.45, 7) is 6.39. The molecule has 2 unspecified atom stereocenters. The molecule has 0 bridgehead atoms. The van der Waals surface area contributed by atoms with Crippen LogP contribution in [0, 0.1) is 11.8 Å². The second-order valence-corrected chi connectivity index (χ2v) is 6.12. The third-order valence-corrected chi connectivity index (χ3v) is 4.93. The highest BCUT2D eigenvalue weighted by molar-refractivity contribution is 4.85. The molecule has 1 N–H and O–H groups in total. The van der Waals surface area contributed by atoms with Crippen LogP contribution in [0.2, 0.25) is 0 Å². The number of nitrogens with zero attached hydrogens (tertiary/aromatic N) is 1. The summed E-state index contributed by atoms with van der Waals surface area (Å²) in [7, 11) is 2.14. The smallest absolute Gasteiger partial charge is 0.0104 e. The fourth-order valence-corrected chi connectivity index (χ4v) is 3.83. The first-order chi connectivity index (χ1) is 8.33. The molecule has 17 heavy (non-hydrogen) atoms. The van der Waals surface area contributed by atoms with E-state index in [4.69, 9.17) is 0 Å². The van der Waals surface area contributed by atoms with Crippen LogP contribution in [0.5, 0.6) is 0 Å². The van der Waals surface area contributed by atoms with Gasteiger partial charge in [0.1, 0.15) is 0 Å². The standard InChI is InChI=1S/C15H30N2/c1-3-5-13-8-10-17(11-9-13)12-14-6-4-7-15(14)16-2/h13-16H,3-12H2,1-2H3. The van der Waals surface area contributed by atoms with Crippen LogP contribution in [0.25, 0.3) is 0 Å². The van der Waals surface area contributed by atoms with Crippen molar-refractivity contribution in [1.82, 2.24) is 10.2 Å². The van der Waals surface area contributed by atoms with Gasteiger partial charge in [-0.1, -0.05) is 26.2 Å². The van der Waals surface area contributed by atoms with Crippen molar-refractivity contribution < 1.29 is 0 Å². The molecule has 2 heteroatoms. The van der Waals surface area contributed by atoms with Crippen LogP contribution in [0.15, 0.2) is 0 Å². The molecule has 0 aromatic rings. The van der Waals surface area contributed by atoms with Crippen LogP contribution < -0.4 is 5.32 Å². The van der Waals surface area contributed by atoms with Crippen LogP contribution in [0.4, 0.5) is 0 Å². The largest absolute Gasteiger partial charge is 0.317 e. The Morgan fingerprint density at radius 3 is 2.53 bits per heavy atom. The number of hydrogen-bond acceptors (Lipinski definition) is 2. The minimum Gasteiger partial charge on any atom is -0.317 e. The molecule has 0 aromatic heterocycles. The maximum absolute atomic E-state index is 3.51. The molecule has 2 atom stereocenters. The molecule has 2 aliphatic rings. The summed E-state index contributed by atoms with van der Waals surface area (Å²) < 4.78 is 0. The predicted octanol–water partition coefficient (Wildman–Crippen LogP) is 2.89. The van der Waals surface area contributed by atoms with Gasteiger partial charge in [-0.25, -0.2) is 0 Å². The minimum atomic E-state index is 0.795. The average molecular weight is 238 g/mol. The normalized spacial score (nSPS) is 32.1. The Kier molecular flexibility index (Phi) is 5.30. The van der Waals surface area contributed by atoms with E-state index in [1.165, 1.54) is 64.6 Å². The van der Waals surface area contributed by atoms with Gasteiger partial charge in [-0.15, -0.1) is 0 Å². The fourth-order valence-electron chi connectivity index (χ4n) is 3.83. The lowest BCUT2D eigenvalue weighted by Gasteiger charge is -2.34. The zero-order valence-electron chi connectivity index (χ0n) is 11.8. The first-order valence-corrected chi connectivity index (χ1v) is 7.73. The molecule has 2 rings (SSSR count). The van der Waals surface area contributed by atoms with Crippen LogP contribution >= 0.6 is 0 Å². The summed E-state index contributed by atoms with van der Waals surface area (Å²) in [6, 6.07) is 0.795. The number of nitrogens with one attached hydrogen (secondary N) is 1. The first-order valence-electron chi connectivity index (χ1n) is 7.73. The fraction of sp³-hybridized carbons (Fsp3) is 1.00. The highest BCUT2D eigenvalue weighted by Gasteiger charge is 2.28. The van der Waals surface area contributed by atoms with Gasteiger partial charge in [-0.2, -0.15) is 0 Å². The van der Waals surface area contributed by atoms with E-state index in [0.717, 1.165) is 17.9 Å². The topological polar surface area (TPSA) is 15.3 Å². The molecule has 100 valence electrons. The number of rotatable bonds is 5. The second kappa shape index (κ2) is 6.75. The Morgan fingerprint density at radius 2 is 1.88 bits per heavy atom. The Morgan fingerprint density at radius 1 is 1.12 bits per heavy atom. The molecule has 0 aromatic carbocycles. The maximum atomic E-state index is 3.51. The van der Waals surface area contributed by atoms with Gasteiger partial charge in [0.2, 0.25) is 0 Å². The van der Waals surface area contributed by atoms with Gasteiger partial charge in [0.05, 0.1) is 0 Å². The Balaban J connectivity index is 1.70. The highest BCUT2D eigenvalue weighted by atomic mass is 15.1. The molecule has 0 spiro atoms. The molecule has 1 aliphatic carbocycles. The zero-order chi connectivity index (χ0) is 12.1. The van der Waals surface area contributed by atoms with Crippen LogP contribution in [-0.4, -0.2) is 37.6 Å². The van der Waals surface area contributed by atoms with Crippen molar-refractivity contribution in [3.8, 4) is 0 Å².